The van der Waals surface area contributed by atoms with Crippen LogP contribution in [-0.4, -0.2) is 60.3 Å². The maximum atomic E-state index is 13.8. The molecule has 0 aromatic rings. The lowest BCUT2D eigenvalue weighted by Gasteiger charge is -2.39. The summed E-state index contributed by atoms with van der Waals surface area (Å²) in [5.41, 5.74) is 11.0. The second-order valence-electron chi connectivity index (χ2n) is 10.5. The molecule has 0 unspecified atom stereocenters. The summed E-state index contributed by atoms with van der Waals surface area (Å²) in [4.78, 5) is 41.1. The van der Waals surface area contributed by atoms with Crippen LogP contribution in [0.3, 0.4) is 0 Å². The van der Waals surface area contributed by atoms with Crippen molar-refractivity contribution in [2.45, 2.75) is 84.7 Å². The van der Waals surface area contributed by atoms with Crippen LogP contribution >= 0.6 is 0 Å². The number of hydrogen-bond donors (Lipinski definition) is 4. The second-order valence-corrected chi connectivity index (χ2v) is 10.5. The van der Waals surface area contributed by atoms with Gasteiger partial charge >= 0.3 is 6.09 Å². The molecule has 9 heteroatoms. The maximum absolute atomic E-state index is 13.8. The first-order chi connectivity index (χ1) is 14.9. The Hall–Kier alpha value is -2.16. The lowest BCUT2D eigenvalue weighted by Crippen LogP contribution is -2.56. The van der Waals surface area contributed by atoms with E-state index in [2.05, 4.69) is 5.32 Å². The fraction of sp³-hybridized carbons (Fsp3) is 0.826. The summed E-state index contributed by atoms with van der Waals surface area (Å²) in [5.74, 6) is -0.779. The van der Waals surface area contributed by atoms with Crippen LogP contribution in [0.2, 0.25) is 0 Å². The molecule has 2 amide bonds. The summed E-state index contributed by atoms with van der Waals surface area (Å²) >= 11 is 0. The molecule has 6 N–H and O–H groups in total. The Morgan fingerprint density at radius 2 is 1.84 bits per heavy atom. The van der Waals surface area contributed by atoms with Gasteiger partial charge in [0, 0.05) is 24.4 Å². The largest absolute Gasteiger partial charge is 0.450 e. The Bertz CT molecular complexity index is 712. The number of Topliss-reactive ketones (excluding diaryl/α,β-unsaturated/α-hetero) is 1. The van der Waals surface area contributed by atoms with E-state index in [-0.39, 0.29) is 48.6 Å². The lowest BCUT2D eigenvalue weighted by molar-refractivity contribution is -0.144. The number of likely N-dealkylation sites (tertiary alicyclic amines) is 1. The molecule has 182 valence electrons. The maximum Gasteiger partial charge on any atom is 0.407 e. The van der Waals surface area contributed by atoms with Gasteiger partial charge in [0.25, 0.3) is 0 Å². The minimum atomic E-state index is -0.838. The molecule has 2 aliphatic rings. The third-order valence-corrected chi connectivity index (χ3v) is 6.73. The number of amidine groups is 1. The van der Waals surface area contributed by atoms with Crippen molar-refractivity contribution in [3.8, 4) is 0 Å². The smallest absolute Gasteiger partial charge is 0.407 e. The molecule has 0 aromatic carbocycles. The molecule has 2 rings (SSSR count). The Kier molecular flexibility index (Phi) is 8.67. The quantitative estimate of drug-likeness (QED) is 0.328. The Labute approximate surface area is 191 Å². The fourth-order valence-electron chi connectivity index (χ4n) is 5.01. The summed E-state index contributed by atoms with van der Waals surface area (Å²) in [6.45, 7) is 8.28. The van der Waals surface area contributed by atoms with Gasteiger partial charge in [0.1, 0.15) is 6.04 Å². The van der Waals surface area contributed by atoms with Crippen LogP contribution in [0, 0.1) is 22.2 Å². The molecule has 32 heavy (non-hydrogen) atoms. The predicted molar refractivity (Wildman–Crippen MR) is 123 cm³/mol. The molecule has 1 saturated heterocycles. The summed E-state index contributed by atoms with van der Waals surface area (Å²) in [6, 6.07) is -1.53. The van der Waals surface area contributed by atoms with Crippen LogP contribution in [0.1, 0.15) is 72.6 Å². The lowest BCUT2D eigenvalue weighted by atomic mass is 9.69. The van der Waals surface area contributed by atoms with Crippen molar-refractivity contribution in [2.24, 2.45) is 28.2 Å². The molecule has 1 aliphatic heterocycles. The van der Waals surface area contributed by atoms with Crippen LogP contribution in [0.25, 0.3) is 0 Å². The van der Waals surface area contributed by atoms with Gasteiger partial charge in [0.05, 0.1) is 18.5 Å². The summed E-state index contributed by atoms with van der Waals surface area (Å²) in [5, 5.41) is 10.6. The van der Waals surface area contributed by atoms with E-state index in [0.717, 1.165) is 32.1 Å². The zero-order chi connectivity index (χ0) is 24.1. The van der Waals surface area contributed by atoms with Gasteiger partial charge in [-0.1, -0.05) is 40.0 Å². The molecule has 0 radical (unpaired) electrons. The average Bonchev–Trinajstić information content (AvgIpc) is 3.17. The van der Waals surface area contributed by atoms with E-state index in [4.69, 9.17) is 21.6 Å². The zero-order valence-electron chi connectivity index (χ0n) is 20.0. The molecule has 0 bridgehead atoms. The fourth-order valence-corrected chi connectivity index (χ4v) is 5.01. The number of rotatable bonds is 8. The van der Waals surface area contributed by atoms with Crippen LogP contribution in [0.4, 0.5) is 4.79 Å². The van der Waals surface area contributed by atoms with Crippen molar-refractivity contribution in [3.63, 3.8) is 0 Å². The Balaban J connectivity index is 2.34. The topological polar surface area (TPSA) is 152 Å². The molecule has 2 fully saturated rings. The van der Waals surface area contributed by atoms with Crippen molar-refractivity contribution in [1.29, 1.82) is 5.41 Å². The third kappa shape index (κ3) is 6.21. The Morgan fingerprint density at radius 3 is 2.34 bits per heavy atom. The number of amides is 2. The molecular weight excluding hydrogens is 410 g/mol. The highest BCUT2D eigenvalue weighted by molar-refractivity contribution is 5.97. The van der Waals surface area contributed by atoms with Gasteiger partial charge in [-0.25, -0.2) is 4.79 Å². The van der Waals surface area contributed by atoms with E-state index in [1.54, 1.807) is 6.92 Å². The van der Waals surface area contributed by atoms with E-state index in [9.17, 15) is 14.4 Å². The highest BCUT2D eigenvalue weighted by Crippen LogP contribution is 2.40. The number of carbonyl (C=O) groups excluding carboxylic acids is 3. The number of hydrogen-bond acceptors (Lipinski definition) is 6. The normalized spacial score (nSPS) is 24.0. The van der Waals surface area contributed by atoms with Gasteiger partial charge in [0.2, 0.25) is 5.91 Å². The van der Waals surface area contributed by atoms with Gasteiger partial charge in [-0.05, 0) is 38.0 Å². The first-order valence-corrected chi connectivity index (χ1v) is 11.8. The van der Waals surface area contributed by atoms with Gasteiger partial charge in [-0.3, -0.25) is 15.0 Å². The first kappa shape index (κ1) is 26.1. The van der Waals surface area contributed by atoms with Crippen molar-refractivity contribution in [2.75, 3.05) is 19.7 Å². The molecule has 0 spiro atoms. The van der Waals surface area contributed by atoms with Crippen molar-refractivity contribution in [1.82, 2.24) is 10.2 Å². The number of nitrogens with two attached hydrogens (primary N) is 2. The van der Waals surface area contributed by atoms with Crippen molar-refractivity contribution in [3.05, 3.63) is 0 Å². The van der Waals surface area contributed by atoms with Crippen LogP contribution in [0.15, 0.2) is 0 Å². The van der Waals surface area contributed by atoms with E-state index >= 15 is 0 Å². The number of nitrogens with zero attached hydrogens (tertiary/aromatic N) is 1. The van der Waals surface area contributed by atoms with Crippen LogP contribution in [-0.2, 0) is 14.3 Å². The number of ketones is 1. The van der Waals surface area contributed by atoms with Gasteiger partial charge in [-0.15, -0.1) is 0 Å². The molecule has 1 saturated carbocycles. The number of nitrogens with one attached hydrogen (secondary N) is 2. The molecule has 3 atom stereocenters. The molecule has 0 aromatic heterocycles. The summed E-state index contributed by atoms with van der Waals surface area (Å²) in [7, 11) is 0. The van der Waals surface area contributed by atoms with Crippen molar-refractivity contribution >= 4 is 23.6 Å². The van der Waals surface area contributed by atoms with Gasteiger partial charge in [0.15, 0.2) is 5.78 Å². The van der Waals surface area contributed by atoms with E-state index in [1.807, 2.05) is 20.8 Å². The van der Waals surface area contributed by atoms with Crippen LogP contribution in [0.5, 0.6) is 0 Å². The standard InChI is InChI=1S/C23H41N5O4/c1-5-32-21(31)27-16(12-22(2,3)4)20(30)28-13-15(19(25)26)11-17(28)18(29)23(14-24)9-7-6-8-10-23/h15-17H,5-14,24H2,1-4H3,(H3,25,26)(H,27,31)/t15-,16+,17+/m0/s1. The first-order valence-electron chi connectivity index (χ1n) is 11.8. The van der Waals surface area contributed by atoms with Crippen LogP contribution < -0.4 is 16.8 Å². The number of carbonyl (C=O) groups is 3. The van der Waals surface area contributed by atoms with Gasteiger partial charge in [-0.2, -0.15) is 0 Å². The molecule has 1 aliphatic carbocycles. The van der Waals surface area contributed by atoms with E-state index < -0.39 is 23.6 Å². The third-order valence-electron chi connectivity index (χ3n) is 6.73. The van der Waals surface area contributed by atoms with E-state index in [1.165, 1.54) is 4.90 Å². The minimum absolute atomic E-state index is 0.0255. The predicted octanol–water partition coefficient (Wildman–Crippen LogP) is 2.17. The number of ether oxygens (including phenoxy) is 1. The molecule has 9 nitrogen and oxygen atoms in total. The summed E-state index contributed by atoms with van der Waals surface area (Å²) in [6.07, 6.45) is 4.45. The minimum Gasteiger partial charge on any atom is -0.450 e. The highest BCUT2D eigenvalue weighted by Gasteiger charge is 2.49. The highest BCUT2D eigenvalue weighted by atomic mass is 16.5. The second kappa shape index (κ2) is 10.6. The zero-order valence-corrected chi connectivity index (χ0v) is 20.0. The average molecular weight is 452 g/mol. The monoisotopic (exact) mass is 451 g/mol. The molecule has 1 heterocycles. The molecular formula is C23H41N5O4. The SMILES string of the molecule is CCOC(=O)N[C@H](CC(C)(C)C)C(=O)N1C[C@@H](C(=N)N)C[C@@H]1C(=O)C1(CN)CCCCC1. The van der Waals surface area contributed by atoms with E-state index in [0.29, 0.717) is 12.8 Å². The van der Waals surface area contributed by atoms with Gasteiger partial charge < -0.3 is 26.4 Å². The number of alkyl carbamates (subject to hydrolysis) is 1. The Morgan fingerprint density at radius 1 is 1.22 bits per heavy atom. The van der Waals surface area contributed by atoms with Crippen molar-refractivity contribution < 1.29 is 19.1 Å². The summed E-state index contributed by atoms with van der Waals surface area (Å²) < 4.78 is 5.00.